The lowest BCUT2D eigenvalue weighted by atomic mass is 9.86. The normalized spacial score (nSPS) is 21.1. The third kappa shape index (κ3) is 3.76. The zero-order chi connectivity index (χ0) is 10.8. The van der Waals surface area contributed by atoms with Gasteiger partial charge in [-0.25, -0.2) is 0 Å². The first-order valence-electron chi connectivity index (χ1n) is 5.38. The highest BCUT2D eigenvalue weighted by Gasteiger charge is 2.26. The Labute approximate surface area is 86.6 Å². The molecule has 0 aromatic heterocycles. The number of nitrogens with zero attached hydrogens (tertiary/aromatic N) is 1. The first kappa shape index (κ1) is 11.7. The number of nitrogens with two attached hydrogens (primary N) is 1. The Morgan fingerprint density at radius 1 is 1.43 bits per heavy atom. The Balaban J connectivity index is 2.38. The summed E-state index contributed by atoms with van der Waals surface area (Å²) in [5.41, 5.74) is 5.49. The molecule has 1 saturated heterocycles. The monoisotopic (exact) mass is 198 g/mol. The summed E-state index contributed by atoms with van der Waals surface area (Å²) in [5, 5.41) is 0. The molecule has 82 valence electrons. The smallest absolute Gasteiger partial charge is 0.137 e. The molecule has 0 unspecified atom stereocenters. The molecule has 0 radical (unpaired) electrons. The van der Waals surface area contributed by atoms with E-state index in [9.17, 15) is 4.79 Å². The molecule has 3 heteroatoms. The second-order valence-electron chi connectivity index (χ2n) is 5.21. The van der Waals surface area contributed by atoms with Crippen LogP contribution in [0.2, 0.25) is 0 Å². The molecule has 0 saturated carbocycles. The van der Waals surface area contributed by atoms with Crippen LogP contribution in [0.25, 0.3) is 0 Å². The Morgan fingerprint density at radius 2 is 1.93 bits per heavy atom. The maximum atomic E-state index is 11.8. The molecule has 3 nitrogen and oxygen atoms in total. The minimum atomic E-state index is -0.347. The number of carbonyl (C=O) groups is 1. The van der Waals surface area contributed by atoms with E-state index in [4.69, 9.17) is 5.73 Å². The van der Waals surface area contributed by atoms with Crippen molar-refractivity contribution < 1.29 is 4.79 Å². The molecule has 0 atom stereocenters. The van der Waals surface area contributed by atoms with Gasteiger partial charge >= 0.3 is 0 Å². The Kier molecular flexibility index (Phi) is 3.67. The zero-order valence-electron chi connectivity index (χ0n) is 9.55. The fourth-order valence-corrected chi connectivity index (χ4v) is 1.92. The van der Waals surface area contributed by atoms with Crippen LogP contribution in [-0.2, 0) is 4.79 Å². The summed E-state index contributed by atoms with van der Waals surface area (Å²) in [6.07, 6.45) is 2.53. The van der Waals surface area contributed by atoms with Gasteiger partial charge < -0.3 is 10.6 Å². The van der Waals surface area contributed by atoms with E-state index in [1.165, 1.54) is 0 Å². The zero-order valence-corrected chi connectivity index (χ0v) is 9.55. The van der Waals surface area contributed by atoms with Gasteiger partial charge in [0.25, 0.3) is 0 Å². The number of likely N-dealkylation sites (tertiary alicyclic amines) is 1. The molecule has 0 bridgehead atoms. The van der Waals surface area contributed by atoms with E-state index in [0.717, 1.165) is 25.9 Å². The first-order valence-corrected chi connectivity index (χ1v) is 5.38. The number of hydrogen-bond donors (Lipinski definition) is 1. The molecule has 1 rings (SSSR count). The molecule has 0 aromatic carbocycles. The molecule has 2 N–H and O–H groups in total. The second kappa shape index (κ2) is 4.41. The molecular formula is C11H22N2O. The minimum absolute atomic E-state index is 0.258. The van der Waals surface area contributed by atoms with Gasteiger partial charge in [-0.15, -0.1) is 0 Å². The maximum Gasteiger partial charge on any atom is 0.137 e. The number of Topliss-reactive ketones (excluding diaryl/α,β-unsaturated/α-hetero) is 1. The molecule has 1 aliphatic rings. The van der Waals surface area contributed by atoms with Gasteiger partial charge in [0.05, 0.1) is 0 Å². The van der Waals surface area contributed by atoms with E-state index in [1.54, 1.807) is 0 Å². The van der Waals surface area contributed by atoms with E-state index >= 15 is 0 Å². The summed E-state index contributed by atoms with van der Waals surface area (Å²) in [6, 6.07) is 0. The van der Waals surface area contributed by atoms with Gasteiger partial charge in [-0.3, -0.25) is 4.79 Å². The Bertz CT molecular complexity index is 200. The molecule has 0 spiro atoms. The van der Waals surface area contributed by atoms with Crippen LogP contribution in [0.1, 0.15) is 33.1 Å². The number of piperidine rings is 1. The lowest BCUT2D eigenvalue weighted by molar-refractivity contribution is -0.125. The molecular weight excluding hydrogens is 176 g/mol. The van der Waals surface area contributed by atoms with Gasteiger partial charge in [0.2, 0.25) is 0 Å². The maximum absolute atomic E-state index is 11.8. The molecule has 1 aliphatic heterocycles. The standard InChI is InChI=1S/C11H22N2O/c1-11(2,12)8-10(14)9-4-6-13(3)7-5-9/h9H,4-8,12H2,1-3H3. The minimum Gasteiger partial charge on any atom is -0.325 e. The van der Waals surface area contributed by atoms with Crippen LogP contribution >= 0.6 is 0 Å². The van der Waals surface area contributed by atoms with Gasteiger partial charge in [-0.2, -0.15) is 0 Å². The van der Waals surface area contributed by atoms with Crippen LogP contribution in [-0.4, -0.2) is 36.4 Å². The Hall–Kier alpha value is -0.410. The molecule has 0 aromatic rings. The van der Waals surface area contributed by atoms with E-state index in [0.29, 0.717) is 12.2 Å². The number of carbonyl (C=O) groups excluding carboxylic acids is 1. The van der Waals surface area contributed by atoms with Crippen molar-refractivity contribution in [2.45, 2.75) is 38.6 Å². The van der Waals surface area contributed by atoms with Gasteiger partial charge in [-0.05, 0) is 46.8 Å². The lowest BCUT2D eigenvalue weighted by Gasteiger charge is -2.29. The van der Waals surface area contributed by atoms with Crippen LogP contribution < -0.4 is 5.73 Å². The van der Waals surface area contributed by atoms with Crippen molar-refractivity contribution in [3.8, 4) is 0 Å². The molecule has 14 heavy (non-hydrogen) atoms. The summed E-state index contributed by atoms with van der Waals surface area (Å²) in [5.74, 6) is 0.611. The summed E-state index contributed by atoms with van der Waals surface area (Å²) in [7, 11) is 2.10. The van der Waals surface area contributed by atoms with Crippen molar-refractivity contribution in [2.24, 2.45) is 11.7 Å². The summed E-state index contributed by atoms with van der Waals surface area (Å²) >= 11 is 0. The van der Waals surface area contributed by atoms with Crippen LogP contribution in [0, 0.1) is 5.92 Å². The van der Waals surface area contributed by atoms with Gasteiger partial charge in [0.15, 0.2) is 0 Å². The third-order valence-electron chi connectivity index (χ3n) is 2.80. The van der Waals surface area contributed by atoms with E-state index in [1.807, 2.05) is 13.8 Å². The van der Waals surface area contributed by atoms with Crippen molar-refractivity contribution in [3.05, 3.63) is 0 Å². The first-order chi connectivity index (χ1) is 6.38. The van der Waals surface area contributed by atoms with Gasteiger partial charge in [0, 0.05) is 17.9 Å². The summed E-state index contributed by atoms with van der Waals surface area (Å²) < 4.78 is 0. The highest BCUT2D eigenvalue weighted by molar-refractivity contribution is 5.82. The van der Waals surface area contributed by atoms with Crippen molar-refractivity contribution in [3.63, 3.8) is 0 Å². The highest BCUT2D eigenvalue weighted by Crippen LogP contribution is 2.20. The quantitative estimate of drug-likeness (QED) is 0.736. The van der Waals surface area contributed by atoms with Crippen molar-refractivity contribution >= 4 is 5.78 Å². The van der Waals surface area contributed by atoms with E-state index < -0.39 is 0 Å². The topological polar surface area (TPSA) is 46.3 Å². The Morgan fingerprint density at radius 3 is 2.36 bits per heavy atom. The van der Waals surface area contributed by atoms with Crippen LogP contribution in [0.4, 0.5) is 0 Å². The van der Waals surface area contributed by atoms with E-state index in [2.05, 4.69) is 11.9 Å². The average Bonchev–Trinajstić information content (AvgIpc) is 2.02. The van der Waals surface area contributed by atoms with Crippen LogP contribution in [0.3, 0.4) is 0 Å². The van der Waals surface area contributed by atoms with Crippen LogP contribution in [0.15, 0.2) is 0 Å². The number of rotatable bonds is 3. The highest BCUT2D eigenvalue weighted by atomic mass is 16.1. The molecule has 0 amide bonds. The van der Waals surface area contributed by atoms with Crippen molar-refractivity contribution in [1.82, 2.24) is 4.90 Å². The third-order valence-corrected chi connectivity index (χ3v) is 2.80. The number of ketones is 1. The largest absolute Gasteiger partial charge is 0.325 e. The van der Waals surface area contributed by atoms with Gasteiger partial charge in [-0.1, -0.05) is 0 Å². The molecule has 1 heterocycles. The van der Waals surface area contributed by atoms with Crippen molar-refractivity contribution in [1.29, 1.82) is 0 Å². The fourth-order valence-electron chi connectivity index (χ4n) is 1.92. The van der Waals surface area contributed by atoms with E-state index in [-0.39, 0.29) is 11.5 Å². The SMILES string of the molecule is CN1CCC(C(=O)CC(C)(C)N)CC1. The summed E-state index contributed by atoms with van der Waals surface area (Å²) in [6.45, 7) is 5.92. The predicted octanol–water partition coefficient (Wildman–Crippen LogP) is 1.02. The van der Waals surface area contributed by atoms with Crippen LogP contribution in [0.5, 0.6) is 0 Å². The average molecular weight is 198 g/mol. The second-order valence-corrected chi connectivity index (χ2v) is 5.21. The summed E-state index contributed by atoms with van der Waals surface area (Å²) in [4.78, 5) is 14.1. The number of hydrogen-bond acceptors (Lipinski definition) is 3. The van der Waals surface area contributed by atoms with Gasteiger partial charge in [0.1, 0.15) is 5.78 Å². The van der Waals surface area contributed by atoms with Crippen molar-refractivity contribution in [2.75, 3.05) is 20.1 Å². The predicted molar refractivity (Wildman–Crippen MR) is 58.1 cm³/mol. The lowest BCUT2D eigenvalue weighted by Crippen LogP contribution is -2.39. The fraction of sp³-hybridized carbons (Fsp3) is 0.909. The molecule has 1 fully saturated rings. The molecule has 0 aliphatic carbocycles.